The van der Waals surface area contributed by atoms with E-state index in [1.165, 1.54) is 12.8 Å². The Morgan fingerprint density at radius 2 is 2.10 bits per heavy atom. The molecule has 0 unspecified atom stereocenters. The van der Waals surface area contributed by atoms with Crippen molar-refractivity contribution in [3.63, 3.8) is 0 Å². The minimum Gasteiger partial charge on any atom is -0.496 e. The summed E-state index contributed by atoms with van der Waals surface area (Å²) in [5.74, 6) is 2.08. The number of carbonyl (C=O) groups excluding carboxylic acids is 1. The normalized spacial score (nSPS) is 16.0. The number of hydrogen-bond acceptors (Lipinski definition) is 5. The van der Waals surface area contributed by atoms with Crippen LogP contribution in [0.5, 0.6) is 5.75 Å². The van der Waals surface area contributed by atoms with Gasteiger partial charge in [-0.2, -0.15) is 5.10 Å². The zero-order valence-corrected chi connectivity index (χ0v) is 16.7. The number of benzene rings is 1. The quantitative estimate of drug-likeness (QED) is 0.666. The van der Waals surface area contributed by atoms with Gasteiger partial charge in [-0.1, -0.05) is 12.1 Å². The summed E-state index contributed by atoms with van der Waals surface area (Å²) in [7, 11) is 3.55. The van der Waals surface area contributed by atoms with Gasteiger partial charge < -0.3 is 14.2 Å². The van der Waals surface area contributed by atoms with Gasteiger partial charge >= 0.3 is 0 Å². The van der Waals surface area contributed by atoms with Crippen molar-refractivity contribution >= 4 is 5.91 Å². The summed E-state index contributed by atoms with van der Waals surface area (Å²) >= 11 is 0. The first kappa shape index (κ1) is 17.9. The number of nitrogens with zero attached hydrogens (tertiary/aromatic N) is 6. The summed E-state index contributed by atoms with van der Waals surface area (Å²) in [4.78, 5) is 15.1. The van der Waals surface area contributed by atoms with Crippen molar-refractivity contribution in [3.05, 3.63) is 47.4 Å². The highest BCUT2D eigenvalue weighted by Gasteiger charge is 2.31. The summed E-state index contributed by atoms with van der Waals surface area (Å²) in [5, 5.41) is 13.2. The average Bonchev–Trinajstić information content (AvgIpc) is 3.35. The van der Waals surface area contributed by atoms with Crippen LogP contribution in [0.1, 0.15) is 34.5 Å². The maximum atomic E-state index is 13.2. The number of rotatable bonds is 5. The molecule has 29 heavy (non-hydrogen) atoms. The predicted octanol–water partition coefficient (Wildman–Crippen LogP) is 2.30. The number of carbonyl (C=O) groups is 1. The SMILES string of the molecule is COc1ccccc1C(=O)N1CCc2c(c(-c3nncn3CC3CC3)nn2C)C1. The van der Waals surface area contributed by atoms with Gasteiger partial charge in [0.15, 0.2) is 5.82 Å². The molecule has 2 aliphatic rings. The van der Waals surface area contributed by atoms with Crippen LogP contribution >= 0.6 is 0 Å². The van der Waals surface area contributed by atoms with Crippen molar-refractivity contribution in [2.75, 3.05) is 13.7 Å². The number of fused-ring (bicyclic) bond motifs is 1. The Morgan fingerprint density at radius 3 is 2.90 bits per heavy atom. The second-order valence-corrected chi connectivity index (χ2v) is 7.82. The molecule has 3 heterocycles. The van der Waals surface area contributed by atoms with Crippen molar-refractivity contribution in [2.24, 2.45) is 13.0 Å². The van der Waals surface area contributed by atoms with E-state index in [0.29, 0.717) is 30.3 Å². The largest absolute Gasteiger partial charge is 0.496 e. The van der Waals surface area contributed by atoms with Gasteiger partial charge in [-0.3, -0.25) is 9.48 Å². The minimum absolute atomic E-state index is 0.0256. The maximum absolute atomic E-state index is 13.2. The molecular formula is C21H24N6O2. The fourth-order valence-corrected chi connectivity index (χ4v) is 4.09. The zero-order chi connectivity index (χ0) is 20.0. The Bertz CT molecular complexity index is 1070. The maximum Gasteiger partial charge on any atom is 0.257 e. The highest BCUT2D eigenvalue weighted by Crippen LogP contribution is 2.34. The Hall–Kier alpha value is -3.16. The van der Waals surface area contributed by atoms with E-state index in [2.05, 4.69) is 14.8 Å². The molecule has 8 nitrogen and oxygen atoms in total. The summed E-state index contributed by atoms with van der Waals surface area (Å²) in [5.41, 5.74) is 3.64. The Labute approximate surface area is 169 Å². The summed E-state index contributed by atoms with van der Waals surface area (Å²) < 4.78 is 9.41. The summed E-state index contributed by atoms with van der Waals surface area (Å²) in [6.07, 6.45) is 5.07. The van der Waals surface area contributed by atoms with Crippen LogP contribution in [0.15, 0.2) is 30.6 Å². The lowest BCUT2D eigenvalue weighted by Crippen LogP contribution is -2.36. The van der Waals surface area contributed by atoms with Crippen LogP contribution in [0.25, 0.3) is 11.5 Å². The molecule has 1 amide bonds. The molecule has 0 N–H and O–H groups in total. The van der Waals surface area contributed by atoms with E-state index in [1.54, 1.807) is 13.4 Å². The van der Waals surface area contributed by atoms with Gasteiger partial charge in [-0.15, -0.1) is 10.2 Å². The van der Waals surface area contributed by atoms with Crippen LogP contribution in [-0.2, 0) is 26.6 Å². The van der Waals surface area contributed by atoms with Crippen LogP contribution in [0.4, 0.5) is 0 Å². The van der Waals surface area contributed by atoms with Gasteiger partial charge in [0.25, 0.3) is 5.91 Å². The predicted molar refractivity (Wildman–Crippen MR) is 106 cm³/mol. The fraction of sp³-hybridized carbons (Fsp3) is 0.429. The molecule has 2 aromatic heterocycles. The number of aromatic nitrogens is 5. The number of aryl methyl sites for hydroxylation is 1. The number of hydrogen-bond donors (Lipinski definition) is 0. The molecule has 0 saturated heterocycles. The molecule has 1 fully saturated rings. The molecule has 1 aliphatic heterocycles. The molecule has 8 heteroatoms. The van der Waals surface area contributed by atoms with Crippen molar-refractivity contribution in [1.29, 1.82) is 0 Å². The monoisotopic (exact) mass is 392 g/mol. The van der Waals surface area contributed by atoms with Gasteiger partial charge in [0.05, 0.1) is 19.2 Å². The van der Waals surface area contributed by atoms with E-state index in [9.17, 15) is 4.79 Å². The van der Waals surface area contributed by atoms with Crippen molar-refractivity contribution in [2.45, 2.75) is 32.4 Å². The summed E-state index contributed by atoms with van der Waals surface area (Å²) in [6.45, 7) is 2.08. The van der Waals surface area contributed by atoms with E-state index in [-0.39, 0.29) is 5.91 Å². The number of amides is 1. The van der Waals surface area contributed by atoms with Crippen LogP contribution in [0.3, 0.4) is 0 Å². The number of para-hydroxylation sites is 1. The molecule has 1 aromatic carbocycles. The first-order valence-electron chi connectivity index (χ1n) is 10.0. The van der Waals surface area contributed by atoms with Gasteiger partial charge in [-0.25, -0.2) is 0 Å². The third-order valence-corrected chi connectivity index (χ3v) is 5.85. The molecule has 0 spiro atoms. The van der Waals surface area contributed by atoms with Crippen LogP contribution in [0.2, 0.25) is 0 Å². The van der Waals surface area contributed by atoms with Gasteiger partial charge in [0, 0.05) is 37.8 Å². The average molecular weight is 392 g/mol. The molecule has 1 aliphatic carbocycles. The topological polar surface area (TPSA) is 78.1 Å². The Kier molecular flexibility index (Phi) is 4.34. The van der Waals surface area contributed by atoms with Crippen LogP contribution in [-0.4, -0.2) is 49.0 Å². The smallest absolute Gasteiger partial charge is 0.257 e. The Balaban J connectivity index is 1.47. The van der Waals surface area contributed by atoms with Crippen molar-refractivity contribution in [1.82, 2.24) is 29.4 Å². The molecule has 1 saturated carbocycles. The van der Waals surface area contributed by atoms with E-state index >= 15 is 0 Å². The molecule has 150 valence electrons. The number of ether oxygens (including phenoxy) is 1. The van der Waals surface area contributed by atoms with Crippen LogP contribution < -0.4 is 4.74 Å². The van der Waals surface area contributed by atoms with E-state index < -0.39 is 0 Å². The highest BCUT2D eigenvalue weighted by molar-refractivity contribution is 5.97. The first-order valence-corrected chi connectivity index (χ1v) is 10.0. The molecule has 0 bridgehead atoms. The highest BCUT2D eigenvalue weighted by atomic mass is 16.5. The van der Waals surface area contributed by atoms with Crippen LogP contribution in [0, 0.1) is 5.92 Å². The third-order valence-electron chi connectivity index (χ3n) is 5.85. The number of methoxy groups -OCH3 is 1. The van der Waals surface area contributed by atoms with E-state index in [0.717, 1.165) is 35.7 Å². The second kappa shape index (κ2) is 7.02. The fourth-order valence-electron chi connectivity index (χ4n) is 4.09. The first-order chi connectivity index (χ1) is 14.2. The molecule has 5 rings (SSSR count). The van der Waals surface area contributed by atoms with Gasteiger partial charge in [0.1, 0.15) is 17.8 Å². The zero-order valence-electron chi connectivity index (χ0n) is 16.7. The minimum atomic E-state index is -0.0256. The standard InChI is InChI=1S/C21H24N6O2/c1-25-17-9-10-26(21(28)15-5-3-4-6-18(15)29-2)12-16(17)19(24-25)20-23-22-13-27(20)11-14-7-8-14/h3-6,13-14H,7-12H2,1-2H3. The lowest BCUT2D eigenvalue weighted by molar-refractivity contribution is 0.0730. The molecule has 0 atom stereocenters. The summed E-state index contributed by atoms with van der Waals surface area (Å²) in [6, 6.07) is 7.36. The lowest BCUT2D eigenvalue weighted by atomic mass is 10.0. The molecule has 0 radical (unpaired) electrons. The lowest BCUT2D eigenvalue weighted by Gasteiger charge is -2.28. The second-order valence-electron chi connectivity index (χ2n) is 7.82. The van der Waals surface area contributed by atoms with Crippen molar-refractivity contribution < 1.29 is 9.53 Å². The van der Waals surface area contributed by atoms with Gasteiger partial charge in [-0.05, 0) is 30.9 Å². The van der Waals surface area contributed by atoms with Gasteiger partial charge in [0.2, 0.25) is 0 Å². The van der Waals surface area contributed by atoms with Crippen molar-refractivity contribution in [3.8, 4) is 17.3 Å². The van der Waals surface area contributed by atoms with E-state index in [1.807, 2.05) is 40.9 Å². The van der Waals surface area contributed by atoms with E-state index in [4.69, 9.17) is 9.84 Å². The molecular weight excluding hydrogens is 368 g/mol. The third kappa shape index (κ3) is 3.18. The molecule has 3 aromatic rings. The Morgan fingerprint density at radius 1 is 1.28 bits per heavy atom.